The molecule has 0 saturated heterocycles. The Kier molecular flexibility index (Phi) is 7.33. The van der Waals surface area contributed by atoms with Gasteiger partial charge in [0.2, 0.25) is 0 Å². The minimum absolute atomic E-state index is 0.215. The van der Waals surface area contributed by atoms with E-state index in [2.05, 4.69) is 33.6 Å². The van der Waals surface area contributed by atoms with Gasteiger partial charge in [-0.15, -0.1) is 0 Å². The third-order valence-corrected chi connectivity index (χ3v) is 4.66. The molecule has 1 nitrogen and oxygen atoms in total. The lowest BCUT2D eigenvalue weighted by Crippen LogP contribution is -2.09. The van der Waals surface area contributed by atoms with E-state index in [0.717, 1.165) is 6.42 Å². The lowest BCUT2D eigenvalue weighted by atomic mass is 10.0. The highest BCUT2D eigenvalue weighted by Crippen LogP contribution is 2.28. The van der Waals surface area contributed by atoms with Crippen molar-refractivity contribution in [3.8, 4) is 0 Å². The molecule has 1 heterocycles. The molecule has 1 aromatic rings. The second kappa shape index (κ2) is 8.26. The van der Waals surface area contributed by atoms with Crippen LogP contribution in [0, 0.1) is 0 Å². The predicted octanol–water partition coefficient (Wildman–Crippen LogP) is 5.26. The van der Waals surface area contributed by atoms with Crippen molar-refractivity contribution in [3.63, 3.8) is 0 Å². The van der Waals surface area contributed by atoms with Gasteiger partial charge in [-0.05, 0) is 33.3 Å². The number of halogens is 1. The summed E-state index contributed by atoms with van der Waals surface area (Å²) in [5.41, 5.74) is 7.43. The second-order valence-corrected chi connectivity index (χ2v) is 5.94. The normalized spacial score (nSPS) is 12.9. The fourth-order valence-corrected chi connectivity index (χ4v) is 3.51. The van der Waals surface area contributed by atoms with E-state index >= 15 is 0 Å². The van der Waals surface area contributed by atoms with Crippen LogP contribution in [0.3, 0.4) is 0 Å². The van der Waals surface area contributed by atoms with Gasteiger partial charge in [0.05, 0.1) is 0 Å². The minimum atomic E-state index is 0.215. The molecule has 92 valence electrons. The Bertz CT molecular complexity index is 285. The third-order valence-electron chi connectivity index (χ3n) is 2.91. The third kappa shape index (κ3) is 4.98. The van der Waals surface area contributed by atoms with E-state index in [1.165, 1.54) is 48.6 Å². The van der Waals surface area contributed by atoms with Crippen molar-refractivity contribution in [1.29, 1.82) is 0 Å². The molecule has 0 aliphatic carbocycles. The van der Waals surface area contributed by atoms with Crippen LogP contribution < -0.4 is 5.73 Å². The van der Waals surface area contributed by atoms with Gasteiger partial charge in [0, 0.05) is 15.9 Å². The fourth-order valence-electron chi connectivity index (χ4n) is 1.86. The maximum absolute atomic E-state index is 6.16. The Morgan fingerprint density at radius 1 is 1.19 bits per heavy atom. The molecule has 2 N–H and O–H groups in total. The van der Waals surface area contributed by atoms with Crippen molar-refractivity contribution in [1.82, 2.24) is 0 Å². The van der Waals surface area contributed by atoms with Crippen molar-refractivity contribution in [2.45, 2.75) is 57.9 Å². The van der Waals surface area contributed by atoms with Gasteiger partial charge in [-0.3, -0.25) is 0 Å². The van der Waals surface area contributed by atoms with Gasteiger partial charge in [-0.25, -0.2) is 0 Å². The largest absolute Gasteiger partial charge is 0.324 e. The Balaban J connectivity index is 2.11. The minimum Gasteiger partial charge on any atom is -0.324 e. The van der Waals surface area contributed by atoms with Crippen LogP contribution in [0.1, 0.15) is 63.5 Å². The van der Waals surface area contributed by atoms with Crippen molar-refractivity contribution < 1.29 is 0 Å². The monoisotopic (exact) mass is 303 g/mol. The van der Waals surface area contributed by atoms with Crippen LogP contribution in [-0.2, 0) is 0 Å². The average Bonchev–Trinajstić information content (AvgIpc) is 2.69. The molecule has 1 unspecified atom stereocenters. The first-order chi connectivity index (χ1) is 7.75. The van der Waals surface area contributed by atoms with Gasteiger partial charge < -0.3 is 5.73 Å². The highest BCUT2D eigenvalue weighted by Gasteiger charge is 2.09. The first kappa shape index (κ1) is 14.2. The van der Waals surface area contributed by atoms with E-state index in [9.17, 15) is 0 Å². The van der Waals surface area contributed by atoms with Gasteiger partial charge in [-0.2, -0.15) is 11.3 Å². The number of hydrogen-bond acceptors (Lipinski definition) is 2. The fraction of sp³-hybridized carbons (Fsp3) is 0.692. The molecule has 0 spiro atoms. The summed E-state index contributed by atoms with van der Waals surface area (Å²) in [6.07, 6.45) is 9.15. The van der Waals surface area contributed by atoms with Crippen LogP contribution in [-0.4, -0.2) is 0 Å². The van der Waals surface area contributed by atoms with E-state index in [0.29, 0.717) is 0 Å². The maximum atomic E-state index is 6.16. The molecular weight excluding hydrogens is 282 g/mol. The van der Waals surface area contributed by atoms with Gasteiger partial charge in [0.1, 0.15) is 0 Å². The summed E-state index contributed by atoms with van der Waals surface area (Å²) in [6, 6.07) is 0.215. The summed E-state index contributed by atoms with van der Waals surface area (Å²) in [5, 5.41) is 4.27. The topological polar surface area (TPSA) is 26.0 Å². The van der Waals surface area contributed by atoms with Crippen LogP contribution >= 0.6 is 27.3 Å². The first-order valence-electron chi connectivity index (χ1n) is 6.23. The van der Waals surface area contributed by atoms with Crippen LogP contribution in [0.5, 0.6) is 0 Å². The van der Waals surface area contributed by atoms with Gasteiger partial charge in [-0.1, -0.05) is 45.4 Å². The zero-order chi connectivity index (χ0) is 11.8. The Labute approximate surface area is 112 Å². The molecule has 1 rings (SSSR count). The second-order valence-electron chi connectivity index (χ2n) is 4.34. The summed E-state index contributed by atoms with van der Waals surface area (Å²) in [5.74, 6) is 0. The van der Waals surface area contributed by atoms with E-state index < -0.39 is 0 Å². The molecule has 1 aromatic heterocycles. The molecule has 0 aliphatic rings. The van der Waals surface area contributed by atoms with Crippen LogP contribution in [0.4, 0.5) is 0 Å². The molecule has 3 heteroatoms. The molecular formula is C13H22BrNS. The molecule has 0 fully saturated rings. The maximum Gasteiger partial charge on any atom is 0.0330 e. The molecule has 0 bridgehead atoms. The van der Waals surface area contributed by atoms with Crippen molar-refractivity contribution in [3.05, 3.63) is 20.8 Å². The molecule has 0 aromatic carbocycles. The summed E-state index contributed by atoms with van der Waals surface area (Å²) in [7, 11) is 0. The van der Waals surface area contributed by atoms with E-state index in [-0.39, 0.29) is 6.04 Å². The van der Waals surface area contributed by atoms with Crippen molar-refractivity contribution >= 4 is 27.3 Å². The lowest BCUT2D eigenvalue weighted by molar-refractivity contribution is 0.547. The number of thiophene rings is 1. The molecule has 0 amide bonds. The molecule has 0 radical (unpaired) electrons. The zero-order valence-corrected chi connectivity index (χ0v) is 12.4. The van der Waals surface area contributed by atoms with Gasteiger partial charge in [0.25, 0.3) is 0 Å². The van der Waals surface area contributed by atoms with Gasteiger partial charge >= 0.3 is 0 Å². The van der Waals surface area contributed by atoms with E-state index in [4.69, 9.17) is 5.73 Å². The van der Waals surface area contributed by atoms with Crippen molar-refractivity contribution in [2.24, 2.45) is 5.73 Å². The smallest absolute Gasteiger partial charge is 0.0330 e. The molecule has 0 aliphatic heterocycles. The van der Waals surface area contributed by atoms with Gasteiger partial charge in [0.15, 0.2) is 0 Å². The summed E-state index contributed by atoms with van der Waals surface area (Å²) >= 11 is 5.26. The number of hydrogen-bond donors (Lipinski definition) is 1. The molecule has 0 saturated carbocycles. The zero-order valence-electron chi connectivity index (χ0n) is 10.0. The number of nitrogens with two attached hydrogens (primary N) is 1. The highest BCUT2D eigenvalue weighted by atomic mass is 79.9. The average molecular weight is 304 g/mol. The first-order valence-corrected chi connectivity index (χ1v) is 7.96. The molecule has 1 atom stereocenters. The van der Waals surface area contributed by atoms with E-state index in [1.807, 2.05) is 0 Å². The van der Waals surface area contributed by atoms with E-state index in [1.54, 1.807) is 11.3 Å². The van der Waals surface area contributed by atoms with Crippen molar-refractivity contribution in [2.75, 3.05) is 0 Å². The Morgan fingerprint density at radius 2 is 1.88 bits per heavy atom. The van der Waals surface area contributed by atoms with Crippen LogP contribution in [0.2, 0.25) is 0 Å². The standard InChI is InChI=1S/C13H22BrNS/c1-2-3-4-5-6-7-8-13(15)11-9-16-10-12(11)14/h9-10,13H,2-8,15H2,1H3. The highest BCUT2D eigenvalue weighted by molar-refractivity contribution is 9.10. The SMILES string of the molecule is CCCCCCCCC(N)c1cscc1Br. The molecule has 16 heavy (non-hydrogen) atoms. The summed E-state index contributed by atoms with van der Waals surface area (Å²) < 4.78 is 1.18. The van der Waals surface area contributed by atoms with Crippen LogP contribution in [0.15, 0.2) is 15.2 Å². The number of rotatable bonds is 8. The number of unbranched alkanes of at least 4 members (excludes halogenated alkanes) is 5. The Morgan fingerprint density at radius 3 is 2.50 bits per heavy atom. The lowest BCUT2D eigenvalue weighted by Gasteiger charge is -2.10. The Hall–Kier alpha value is 0.140. The summed E-state index contributed by atoms with van der Waals surface area (Å²) in [6.45, 7) is 2.25. The predicted molar refractivity (Wildman–Crippen MR) is 76.9 cm³/mol. The summed E-state index contributed by atoms with van der Waals surface area (Å²) in [4.78, 5) is 0. The van der Waals surface area contributed by atoms with Crippen LogP contribution in [0.25, 0.3) is 0 Å². The quantitative estimate of drug-likeness (QED) is 0.651.